The van der Waals surface area contributed by atoms with Gasteiger partial charge in [-0.1, -0.05) is 25.1 Å². The average molecular weight is 314 g/mol. The number of carbonyl (C=O) groups is 2. The summed E-state index contributed by atoms with van der Waals surface area (Å²) in [7, 11) is 0. The highest BCUT2D eigenvalue weighted by Crippen LogP contribution is 2.24. The van der Waals surface area contributed by atoms with Crippen LogP contribution in [0.3, 0.4) is 0 Å². The van der Waals surface area contributed by atoms with Crippen LogP contribution in [-0.2, 0) is 16.0 Å². The Kier molecular flexibility index (Phi) is 4.37. The molecule has 0 radical (unpaired) electrons. The van der Waals surface area contributed by atoms with Gasteiger partial charge in [-0.2, -0.15) is 0 Å². The second kappa shape index (κ2) is 6.44. The summed E-state index contributed by atoms with van der Waals surface area (Å²) < 4.78 is 0. The predicted octanol–water partition coefficient (Wildman–Crippen LogP) is 2.81. The van der Waals surface area contributed by atoms with E-state index in [1.54, 1.807) is 4.90 Å². The molecule has 0 spiro atoms. The summed E-state index contributed by atoms with van der Waals surface area (Å²) in [6.45, 7) is 2.59. The minimum absolute atomic E-state index is 0.0606. The van der Waals surface area contributed by atoms with Gasteiger partial charge in [0.05, 0.1) is 0 Å². The summed E-state index contributed by atoms with van der Waals surface area (Å²) in [5.74, 6) is -0.597. The van der Waals surface area contributed by atoms with E-state index in [0.29, 0.717) is 31.7 Å². The lowest BCUT2D eigenvalue weighted by molar-refractivity contribution is -0.153. The van der Waals surface area contributed by atoms with E-state index >= 15 is 0 Å². The number of hydrogen-bond acceptors (Lipinski definition) is 2. The van der Waals surface area contributed by atoms with Crippen LogP contribution in [0.1, 0.15) is 31.7 Å². The fourth-order valence-corrected chi connectivity index (χ4v) is 3.40. The van der Waals surface area contributed by atoms with Crippen LogP contribution in [0, 0.1) is 5.92 Å². The Morgan fingerprint density at radius 2 is 2.13 bits per heavy atom. The third kappa shape index (κ3) is 3.23. The number of carboxylic acids is 1. The number of aryl methyl sites for hydroxylation is 1. The molecule has 23 heavy (non-hydrogen) atoms. The van der Waals surface area contributed by atoms with Crippen LogP contribution >= 0.6 is 0 Å². The Morgan fingerprint density at radius 1 is 1.35 bits per heavy atom. The van der Waals surface area contributed by atoms with Gasteiger partial charge in [-0.25, -0.2) is 4.79 Å². The number of nitrogens with one attached hydrogen (secondary N) is 1. The number of aromatic amines is 1. The Labute approximate surface area is 135 Å². The topological polar surface area (TPSA) is 73.4 Å². The number of fused-ring (bicyclic) bond motifs is 1. The SMILES string of the molecule is CC1CCN(C(=O)CCc2c[nH]c3ccccc23)C(C(=O)O)C1. The smallest absolute Gasteiger partial charge is 0.326 e. The highest BCUT2D eigenvalue weighted by atomic mass is 16.4. The lowest BCUT2D eigenvalue weighted by atomic mass is 9.92. The number of benzene rings is 1. The second-order valence-electron chi connectivity index (χ2n) is 6.43. The number of piperidine rings is 1. The van der Waals surface area contributed by atoms with E-state index in [1.165, 1.54) is 0 Å². The number of carbonyl (C=O) groups excluding carboxylic acids is 1. The zero-order chi connectivity index (χ0) is 16.4. The van der Waals surface area contributed by atoms with Crippen molar-refractivity contribution in [1.82, 2.24) is 9.88 Å². The maximum Gasteiger partial charge on any atom is 0.326 e. The second-order valence-corrected chi connectivity index (χ2v) is 6.43. The van der Waals surface area contributed by atoms with Gasteiger partial charge in [-0.05, 0) is 36.8 Å². The van der Waals surface area contributed by atoms with Crippen LogP contribution in [0.25, 0.3) is 10.9 Å². The first-order valence-electron chi connectivity index (χ1n) is 8.13. The Hall–Kier alpha value is -2.30. The molecule has 1 saturated heterocycles. The lowest BCUT2D eigenvalue weighted by Crippen LogP contribution is -2.49. The van der Waals surface area contributed by atoms with E-state index in [4.69, 9.17) is 0 Å². The molecule has 0 aliphatic carbocycles. The number of aliphatic carboxylic acids is 1. The monoisotopic (exact) mass is 314 g/mol. The van der Waals surface area contributed by atoms with E-state index in [2.05, 4.69) is 4.98 Å². The van der Waals surface area contributed by atoms with Gasteiger partial charge in [0.25, 0.3) is 0 Å². The molecule has 2 heterocycles. The van der Waals surface area contributed by atoms with Crippen molar-refractivity contribution in [2.75, 3.05) is 6.54 Å². The molecule has 1 aromatic heterocycles. The van der Waals surface area contributed by atoms with Crippen molar-refractivity contribution in [2.45, 2.75) is 38.6 Å². The number of carboxylic acid groups (broad SMARTS) is 1. The number of nitrogens with zero attached hydrogens (tertiary/aromatic N) is 1. The summed E-state index contributed by atoms with van der Waals surface area (Å²) in [5, 5.41) is 10.5. The van der Waals surface area contributed by atoms with E-state index in [-0.39, 0.29) is 5.91 Å². The number of rotatable bonds is 4. The summed E-state index contributed by atoms with van der Waals surface area (Å²) in [6.07, 6.45) is 4.34. The van der Waals surface area contributed by atoms with Crippen molar-refractivity contribution in [1.29, 1.82) is 0 Å². The van der Waals surface area contributed by atoms with Gasteiger partial charge in [0, 0.05) is 30.1 Å². The Balaban J connectivity index is 1.67. The van der Waals surface area contributed by atoms with Crippen LogP contribution in [0.15, 0.2) is 30.5 Å². The summed E-state index contributed by atoms with van der Waals surface area (Å²) in [6, 6.07) is 7.32. The van der Waals surface area contributed by atoms with Crippen molar-refractivity contribution in [2.24, 2.45) is 5.92 Å². The van der Waals surface area contributed by atoms with Gasteiger partial charge in [-0.15, -0.1) is 0 Å². The van der Waals surface area contributed by atoms with E-state index in [1.807, 2.05) is 37.4 Å². The summed E-state index contributed by atoms with van der Waals surface area (Å²) in [5.41, 5.74) is 2.16. The molecule has 2 N–H and O–H groups in total. The molecule has 1 aliphatic heterocycles. The third-order valence-corrected chi connectivity index (χ3v) is 4.75. The van der Waals surface area contributed by atoms with Crippen molar-refractivity contribution in [3.63, 3.8) is 0 Å². The van der Waals surface area contributed by atoms with Gasteiger partial charge in [0.1, 0.15) is 6.04 Å². The first-order chi connectivity index (χ1) is 11.1. The molecule has 122 valence electrons. The molecular formula is C18H22N2O3. The molecule has 2 atom stereocenters. The van der Waals surface area contributed by atoms with Crippen LogP contribution in [0.4, 0.5) is 0 Å². The summed E-state index contributed by atoms with van der Waals surface area (Å²) in [4.78, 5) is 28.7. The molecule has 3 rings (SSSR count). The van der Waals surface area contributed by atoms with Crippen molar-refractivity contribution < 1.29 is 14.7 Å². The van der Waals surface area contributed by atoms with Crippen LogP contribution in [0.2, 0.25) is 0 Å². The molecule has 0 bridgehead atoms. The molecule has 2 unspecified atom stereocenters. The first kappa shape index (κ1) is 15.6. The highest BCUT2D eigenvalue weighted by molar-refractivity contribution is 5.86. The van der Waals surface area contributed by atoms with E-state index < -0.39 is 12.0 Å². The van der Waals surface area contributed by atoms with Crippen LogP contribution in [-0.4, -0.2) is 39.5 Å². The van der Waals surface area contributed by atoms with Gasteiger partial charge < -0.3 is 15.0 Å². The highest BCUT2D eigenvalue weighted by Gasteiger charge is 2.34. The molecule has 0 saturated carbocycles. The maximum absolute atomic E-state index is 12.5. The minimum Gasteiger partial charge on any atom is -0.480 e. The number of likely N-dealkylation sites (tertiary alicyclic amines) is 1. The van der Waals surface area contributed by atoms with Crippen molar-refractivity contribution in [3.05, 3.63) is 36.0 Å². The normalized spacial score (nSPS) is 21.5. The fourth-order valence-electron chi connectivity index (χ4n) is 3.40. The molecule has 2 aromatic rings. The lowest BCUT2D eigenvalue weighted by Gasteiger charge is -2.36. The molecule has 5 nitrogen and oxygen atoms in total. The number of aromatic nitrogens is 1. The number of hydrogen-bond donors (Lipinski definition) is 2. The maximum atomic E-state index is 12.5. The quantitative estimate of drug-likeness (QED) is 0.911. The minimum atomic E-state index is -0.892. The number of H-pyrrole nitrogens is 1. The average Bonchev–Trinajstić information content (AvgIpc) is 2.95. The molecule has 1 fully saturated rings. The van der Waals surface area contributed by atoms with E-state index in [0.717, 1.165) is 22.9 Å². The number of amides is 1. The fraction of sp³-hybridized carbons (Fsp3) is 0.444. The molecule has 5 heteroatoms. The van der Waals surface area contributed by atoms with Crippen LogP contribution < -0.4 is 0 Å². The summed E-state index contributed by atoms with van der Waals surface area (Å²) >= 11 is 0. The van der Waals surface area contributed by atoms with Gasteiger partial charge in [0.15, 0.2) is 0 Å². The zero-order valence-corrected chi connectivity index (χ0v) is 13.3. The molecule has 1 aromatic carbocycles. The van der Waals surface area contributed by atoms with Gasteiger partial charge in [0.2, 0.25) is 5.91 Å². The zero-order valence-electron chi connectivity index (χ0n) is 13.3. The van der Waals surface area contributed by atoms with Gasteiger partial charge >= 0.3 is 5.97 Å². The first-order valence-corrected chi connectivity index (χ1v) is 8.13. The standard InChI is InChI=1S/C18H22N2O3/c1-12-8-9-20(16(10-12)18(22)23)17(21)7-6-13-11-19-15-5-3-2-4-14(13)15/h2-5,11-12,16,19H,6-10H2,1H3,(H,22,23). The molecule has 1 aliphatic rings. The third-order valence-electron chi connectivity index (χ3n) is 4.75. The largest absolute Gasteiger partial charge is 0.480 e. The molecular weight excluding hydrogens is 292 g/mol. The Bertz CT molecular complexity index is 722. The number of para-hydroxylation sites is 1. The van der Waals surface area contributed by atoms with Gasteiger partial charge in [-0.3, -0.25) is 4.79 Å². The van der Waals surface area contributed by atoms with E-state index in [9.17, 15) is 14.7 Å². The predicted molar refractivity (Wildman–Crippen MR) is 88.2 cm³/mol. The van der Waals surface area contributed by atoms with Crippen LogP contribution in [0.5, 0.6) is 0 Å². The van der Waals surface area contributed by atoms with Crippen molar-refractivity contribution >= 4 is 22.8 Å². The van der Waals surface area contributed by atoms with Crippen molar-refractivity contribution in [3.8, 4) is 0 Å². The molecule has 1 amide bonds. The Morgan fingerprint density at radius 3 is 2.91 bits per heavy atom.